The van der Waals surface area contributed by atoms with Gasteiger partial charge in [0.05, 0.1) is 11.1 Å². The topological polar surface area (TPSA) is 56.8 Å². The first-order valence-corrected chi connectivity index (χ1v) is 9.28. The van der Waals surface area contributed by atoms with E-state index in [1.807, 2.05) is 36.4 Å². The standard InChI is InChI=1S/C21H20BrNO4/c1-25-12-13-26-17-9-7-16(8-10-17)23-20(24)14-27-19-11-6-15-4-2-3-5-18(15)21(19)22/h2-11H,12-14H2,1H3,(H,23,24). The van der Waals surface area contributed by atoms with Crippen molar-refractivity contribution in [2.24, 2.45) is 0 Å². The maximum absolute atomic E-state index is 12.2. The Kier molecular flexibility index (Phi) is 6.68. The summed E-state index contributed by atoms with van der Waals surface area (Å²) in [4.78, 5) is 12.2. The number of hydrogen-bond donors (Lipinski definition) is 1. The normalized spacial score (nSPS) is 10.6. The molecule has 0 aliphatic carbocycles. The highest BCUT2D eigenvalue weighted by molar-refractivity contribution is 9.10. The number of halogens is 1. The third-order valence-electron chi connectivity index (χ3n) is 3.88. The SMILES string of the molecule is COCCOc1ccc(NC(=O)COc2ccc3ccccc3c2Br)cc1. The Morgan fingerprint density at radius 1 is 0.963 bits per heavy atom. The van der Waals surface area contributed by atoms with Crippen molar-refractivity contribution >= 4 is 38.3 Å². The fraction of sp³-hybridized carbons (Fsp3) is 0.190. The van der Waals surface area contributed by atoms with E-state index in [1.54, 1.807) is 31.4 Å². The van der Waals surface area contributed by atoms with Gasteiger partial charge in [-0.05, 0) is 57.0 Å². The molecule has 0 radical (unpaired) electrons. The Hall–Kier alpha value is -2.57. The lowest BCUT2D eigenvalue weighted by Crippen LogP contribution is -2.20. The zero-order valence-corrected chi connectivity index (χ0v) is 16.5. The molecule has 0 unspecified atom stereocenters. The zero-order chi connectivity index (χ0) is 19.1. The Morgan fingerprint density at radius 3 is 2.52 bits per heavy atom. The van der Waals surface area contributed by atoms with Crippen LogP contribution in [-0.2, 0) is 9.53 Å². The van der Waals surface area contributed by atoms with Crippen LogP contribution in [0.15, 0.2) is 65.1 Å². The quantitative estimate of drug-likeness (QED) is 0.529. The minimum atomic E-state index is -0.233. The van der Waals surface area contributed by atoms with Crippen LogP contribution in [0.3, 0.4) is 0 Å². The Balaban J connectivity index is 1.54. The average Bonchev–Trinajstić information content (AvgIpc) is 2.69. The minimum Gasteiger partial charge on any atom is -0.491 e. The molecule has 0 saturated carbocycles. The number of benzene rings is 3. The molecule has 0 spiro atoms. The summed E-state index contributed by atoms with van der Waals surface area (Å²) < 4.78 is 16.9. The number of amides is 1. The summed E-state index contributed by atoms with van der Waals surface area (Å²) in [6.07, 6.45) is 0. The van der Waals surface area contributed by atoms with Gasteiger partial charge in [0.25, 0.3) is 5.91 Å². The lowest BCUT2D eigenvalue weighted by molar-refractivity contribution is -0.118. The first-order chi connectivity index (χ1) is 13.2. The van der Waals surface area contributed by atoms with E-state index in [2.05, 4.69) is 21.2 Å². The number of ether oxygens (including phenoxy) is 3. The number of anilines is 1. The van der Waals surface area contributed by atoms with Crippen LogP contribution in [0.2, 0.25) is 0 Å². The molecule has 3 aromatic carbocycles. The van der Waals surface area contributed by atoms with Crippen molar-refractivity contribution in [3.63, 3.8) is 0 Å². The van der Waals surface area contributed by atoms with Crippen LogP contribution < -0.4 is 14.8 Å². The van der Waals surface area contributed by atoms with Gasteiger partial charge in [-0.15, -0.1) is 0 Å². The predicted octanol–water partition coefficient (Wildman–Crippen LogP) is 4.65. The van der Waals surface area contributed by atoms with E-state index < -0.39 is 0 Å². The van der Waals surface area contributed by atoms with Crippen LogP contribution in [-0.4, -0.2) is 32.8 Å². The van der Waals surface area contributed by atoms with E-state index in [0.29, 0.717) is 24.7 Å². The summed E-state index contributed by atoms with van der Waals surface area (Å²) in [5, 5.41) is 4.95. The highest BCUT2D eigenvalue weighted by Gasteiger charge is 2.09. The minimum absolute atomic E-state index is 0.0803. The molecule has 27 heavy (non-hydrogen) atoms. The van der Waals surface area contributed by atoms with Gasteiger partial charge >= 0.3 is 0 Å². The van der Waals surface area contributed by atoms with E-state index in [1.165, 1.54) is 0 Å². The molecule has 0 atom stereocenters. The van der Waals surface area contributed by atoms with Crippen molar-refractivity contribution in [2.75, 3.05) is 32.2 Å². The van der Waals surface area contributed by atoms with Gasteiger partial charge in [-0.3, -0.25) is 4.79 Å². The summed E-state index contributed by atoms with van der Waals surface area (Å²) in [6.45, 7) is 0.930. The monoisotopic (exact) mass is 429 g/mol. The Morgan fingerprint density at radius 2 is 1.74 bits per heavy atom. The second-order valence-electron chi connectivity index (χ2n) is 5.80. The molecular weight excluding hydrogens is 410 g/mol. The smallest absolute Gasteiger partial charge is 0.262 e. The van der Waals surface area contributed by atoms with Crippen molar-refractivity contribution in [2.45, 2.75) is 0 Å². The van der Waals surface area contributed by atoms with Gasteiger partial charge in [-0.25, -0.2) is 0 Å². The molecule has 0 heterocycles. The molecule has 0 aliphatic heterocycles. The third kappa shape index (κ3) is 5.21. The number of carbonyl (C=O) groups is 1. The first-order valence-electron chi connectivity index (χ1n) is 8.49. The molecule has 0 bridgehead atoms. The van der Waals surface area contributed by atoms with E-state index in [9.17, 15) is 4.79 Å². The molecule has 0 fully saturated rings. The fourth-order valence-electron chi connectivity index (χ4n) is 2.54. The van der Waals surface area contributed by atoms with Crippen molar-refractivity contribution in [1.82, 2.24) is 0 Å². The van der Waals surface area contributed by atoms with Crippen LogP contribution in [0.4, 0.5) is 5.69 Å². The lowest BCUT2D eigenvalue weighted by Gasteiger charge is -2.11. The van der Waals surface area contributed by atoms with Gasteiger partial charge in [-0.2, -0.15) is 0 Å². The number of nitrogens with one attached hydrogen (secondary N) is 1. The lowest BCUT2D eigenvalue weighted by atomic mass is 10.1. The predicted molar refractivity (Wildman–Crippen MR) is 110 cm³/mol. The van der Waals surface area contributed by atoms with Gasteiger partial charge in [0.15, 0.2) is 6.61 Å². The maximum Gasteiger partial charge on any atom is 0.262 e. The Labute approximate surface area is 166 Å². The van der Waals surface area contributed by atoms with E-state index in [0.717, 1.165) is 21.0 Å². The second-order valence-corrected chi connectivity index (χ2v) is 6.59. The fourth-order valence-corrected chi connectivity index (χ4v) is 3.15. The summed E-state index contributed by atoms with van der Waals surface area (Å²) >= 11 is 3.55. The van der Waals surface area contributed by atoms with Gasteiger partial charge < -0.3 is 19.5 Å². The van der Waals surface area contributed by atoms with Crippen molar-refractivity contribution < 1.29 is 19.0 Å². The number of rotatable bonds is 8. The highest BCUT2D eigenvalue weighted by atomic mass is 79.9. The van der Waals surface area contributed by atoms with Crippen LogP contribution in [0, 0.1) is 0 Å². The zero-order valence-electron chi connectivity index (χ0n) is 14.9. The van der Waals surface area contributed by atoms with E-state index in [4.69, 9.17) is 14.2 Å². The van der Waals surface area contributed by atoms with Crippen LogP contribution >= 0.6 is 15.9 Å². The molecule has 3 aromatic rings. The van der Waals surface area contributed by atoms with Gasteiger partial charge in [-0.1, -0.05) is 30.3 Å². The molecule has 0 aliphatic rings. The van der Waals surface area contributed by atoms with Crippen molar-refractivity contribution in [3.05, 3.63) is 65.1 Å². The van der Waals surface area contributed by atoms with E-state index >= 15 is 0 Å². The number of carbonyl (C=O) groups excluding carboxylic acids is 1. The maximum atomic E-state index is 12.2. The van der Waals surface area contributed by atoms with E-state index in [-0.39, 0.29) is 12.5 Å². The number of hydrogen-bond acceptors (Lipinski definition) is 4. The first kappa shape index (κ1) is 19.2. The Bertz CT molecular complexity index is 912. The molecule has 0 aromatic heterocycles. The van der Waals surface area contributed by atoms with Crippen LogP contribution in [0.1, 0.15) is 0 Å². The van der Waals surface area contributed by atoms with Crippen LogP contribution in [0.5, 0.6) is 11.5 Å². The van der Waals surface area contributed by atoms with Crippen molar-refractivity contribution in [3.8, 4) is 11.5 Å². The van der Waals surface area contributed by atoms with Gasteiger partial charge in [0.2, 0.25) is 0 Å². The summed E-state index contributed by atoms with van der Waals surface area (Å²) in [7, 11) is 1.63. The molecule has 140 valence electrons. The van der Waals surface area contributed by atoms with Crippen LogP contribution in [0.25, 0.3) is 10.8 Å². The molecule has 1 amide bonds. The molecule has 3 rings (SSSR count). The summed E-state index contributed by atoms with van der Waals surface area (Å²) in [5.74, 6) is 1.12. The van der Waals surface area contributed by atoms with Gasteiger partial charge in [0.1, 0.15) is 18.1 Å². The molecule has 5 nitrogen and oxygen atoms in total. The summed E-state index contributed by atoms with van der Waals surface area (Å²) in [5.41, 5.74) is 0.681. The third-order valence-corrected chi connectivity index (χ3v) is 4.70. The molecule has 0 saturated heterocycles. The number of methoxy groups -OCH3 is 1. The largest absolute Gasteiger partial charge is 0.491 e. The average molecular weight is 430 g/mol. The highest BCUT2D eigenvalue weighted by Crippen LogP contribution is 2.33. The van der Waals surface area contributed by atoms with Crippen molar-refractivity contribution in [1.29, 1.82) is 0 Å². The van der Waals surface area contributed by atoms with Gasteiger partial charge in [0, 0.05) is 12.8 Å². The molecular formula is C21H20BrNO4. The number of fused-ring (bicyclic) bond motifs is 1. The summed E-state index contributed by atoms with van der Waals surface area (Å²) in [6, 6.07) is 19.0. The molecule has 1 N–H and O–H groups in total. The second kappa shape index (κ2) is 9.39. The molecule has 6 heteroatoms.